The van der Waals surface area contributed by atoms with Crippen LogP contribution >= 0.6 is 0 Å². The third kappa shape index (κ3) is 8.44. The number of hydrogen-bond donors (Lipinski definition) is 0. The summed E-state index contributed by atoms with van der Waals surface area (Å²) in [5, 5.41) is 3.56. The highest BCUT2D eigenvalue weighted by atomic mass is 28.3. The predicted molar refractivity (Wildman–Crippen MR) is 292 cm³/mol. The van der Waals surface area contributed by atoms with E-state index in [0.717, 1.165) is 96.9 Å². The molecule has 6 aromatic rings. The van der Waals surface area contributed by atoms with Crippen molar-refractivity contribution >= 4 is 47.5 Å². The molecule has 4 aliphatic rings. The second kappa shape index (κ2) is 17.9. The topological polar surface area (TPSA) is 60.5 Å². The molecule has 8 heteroatoms. The van der Waals surface area contributed by atoms with Gasteiger partial charge in [-0.05, 0) is 106 Å². The molecule has 2 saturated heterocycles. The molecule has 0 bridgehead atoms. The number of hydrogen-bond acceptors (Lipinski definition) is 7. The van der Waals surface area contributed by atoms with Gasteiger partial charge in [0.1, 0.15) is 11.5 Å². The molecule has 2 fully saturated rings. The number of methoxy groups -OCH3 is 1. The largest absolute Gasteiger partial charge is 0.495 e. The standard InChI is InChI=1S/C62H70N2O5Si/c1-40(2)59(65)68-39-41-13-12-30-64(38-41)54-36-51-52(37-55(54)66-8)58-50(57-56(51)49-27-16-43(35-53(49)61(57,6)7)42-14-17-44(18-15-42)60(3,4)5)28-29-62(69-58,46-21-25-48(26-22-46)70(9,10)11)45-19-23-47(24-20-45)63-31-33-67-34-32-63/h14-29,35-37,41H,1,12-13,30-34,38-39H2,2-11H3. The van der Waals surface area contributed by atoms with Crippen LogP contribution in [0.3, 0.4) is 0 Å². The smallest absolute Gasteiger partial charge is 0.333 e. The van der Waals surface area contributed by atoms with E-state index in [2.05, 4.69) is 186 Å². The maximum Gasteiger partial charge on any atom is 0.333 e. The average Bonchev–Trinajstić information content (AvgIpc) is 3.60. The Morgan fingerprint density at radius 1 is 0.829 bits per heavy atom. The lowest BCUT2D eigenvalue weighted by Crippen LogP contribution is -2.39. The summed E-state index contributed by atoms with van der Waals surface area (Å²) in [4.78, 5) is 17.3. The summed E-state index contributed by atoms with van der Waals surface area (Å²) in [6, 6.07) is 39.0. The molecule has 0 amide bonds. The van der Waals surface area contributed by atoms with Crippen LogP contribution < -0.4 is 24.5 Å². The number of nitrogens with zero attached hydrogens (tertiary/aromatic N) is 2. The number of benzene rings is 6. The van der Waals surface area contributed by atoms with Crippen LogP contribution in [-0.4, -0.2) is 67.2 Å². The van der Waals surface area contributed by atoms with Crippen molar-refractivity contribution in [2.75, 3.05) is 62.9 Å². The van der Waals surface area contributed by atoms with E-state index in [1.54, 1.807) is 14.0 Å². The SMILES string of the molecule is C=C(C)C(=O)OCC1CCCN(c2cc3c4c(c5c(c3cc2OC)OC(c2ccc(N3CCOCC3)cc2)(c2ccc([Si](C)(C)C)cc2)C=C5)C(C)(C)c2cc(-c3ccc(C(C)(C)C)cc3)ccc2-4)C1. The predicted octanol–water partition coefficient (Wildman–Crippen LogP) is 13.2. The Morgan fingerprint density at radius 2 is 1.50 bits per heavy atom. The zero-order chi connectivity index (χ0) is 49.3. The zero-order valence-corrected chi connectivity index (χ0v) is 44.1. The number of carbonyl (C=O) groups excluding carboxylic acids is 1. The molecule has 362 valence electrons. The van der Waals surface area contributed by atoms with Gasteiger partial charge in [-0.2, -0.15) is 0 Å². The van der Waals surface area contributed by atoms with E-state index in [1.807, 2.05) is 0 Å². The van der Waals surface area contributed by atoms with Crippen molar-refractivity contribution in [3.05, 3.63) is 155 Å². The second-order valence-corrected chi connectivity index (χ2v) is 27.8. The van der Waals surface area contributed by atoms with E-state index in [1.165, 1.54) is 49.8 Å². The third-order valence-electron chi connectivity index (χ3n) is 15.5. The van der Waals surface area contributed by atoms with E-state index in [0.29, 0.717) is 12.2 Å². The van der Waals surface area contributed by atoms with Crippen LogP contribution in [0.25, 0.3) is 39.1 Å². The molecule has 0 N–H and O–H groups in total. The third-order valence-corrected chi connectivity index (χ3v) is 17.6. The molecule has 7 nitrogen and oxygen atoms in total. The second-order valence-electron chi connectivity index (χ2n) is 22.8. The van der Waals surface area contributed by atoms with Gasteiger partial charge in [-0.15, -0.1) is 0 Å². The first-order chi connectivity index (χ1) is 33.4. The first-order valence-corrected chi connectivity index (χ1v) is 28.9. The molecule has 2 unspecified atom stereocenters. The van der Waals surface area contributed by atoms with Crippen molar-refractivity contribution in [3.8, 4) is 33.8 Å². The first kappa shape index (κ1) is 47.6. The Bertz CT molecular complexity index is 3020. The molecule has 0 spiro atoms. The van der Waals surface area contributed by atoms with Crippen LogP contribution in [-0.2, 0) is 30.7 Å². The highest BCUT2D eigenvalue weighted by Crippen LogP contribution is 2.60. The van der Waals surface area contributed by atoms with Gasteiger partial charge in [0, 0.05) is 70.8 Å². The van der Waals surface area contributed by atoms with Gasteiger partial charge in [-0.3, -0.25) is 0 Å². The molecule has 0 aromatic heterocycles. The summed E-state index contributed by atoms with van der Waals surface area (Å²) >= 11 is 0. The fourth-order valence-electron chi connectivity index (χ4n) is 11.4. The molecule has 6 aromatic carbocycles. The van der Waals surface area contributed by atoms with Crippen molar-refractivity contribution in [1.82, 2.24) is 0 Å². The summed E-state index contributed by atoms with van der Waals surface area (Å²) in [6.45, 7) is 29.5. The van der Waals surface area contributed by atoms with E-state index in [4.69, 9.17) is 18.9 Å². The number of ether oxygens (including phenoxy) is 4. The van der Waals surface area contributed by atoms with Gasteiger partial charge in [0.25, 0.3) is 0 Å². The summed E-state index contributed by atoms with van der Waals surface area (Å²) < 4.78 is 25.7. The van der Waals surface area contributed by atoms with Crippen molar-refractivity contribution in [1.29, 1.82) is 0 Å². The average molecular weight is 951 g/mol. The maximum absolute atomic E-state index is 12.5. The van der Waals surface area contributed by atoms with Gasteiger partial charge in [0.05, 0.1) is 40.7 Å². The number of piperidine rings is 1. The maximum atomic E-state index is 12.5. The van der Waals surface area contributed by atoms with Gasteiger partial charge in [0.2, 0.25) is 0 Å². The molecule has 10 rings (SSSR count). The number of fused-ring (bicyclic) bond motifs is 8. The first-order valence-electron chi connectivity index (χ1n) is 25.4. The fraction of sp³-hybridized carbons (Fsp3) is 0.371. The van der Waals surface area contributed by atoms with Crippen LogP contribution in [0.5, 0.6) is 11.5 Å². The Labute approximate surface area is 417 Å². The molecule has 1 aliphatic carbocycles. The van der Waals surface area contributed by atoms with Crippen LogP contribution in [0, 0.1) is 5.92 Å². The molecular weight excluding hydrogens is 881 g/mol. The molecule has 70 heavy (non-hydrogen) atoms. The summed E-state index contributed by atoms with van der Waals surface area (Å²) in [7, 11) is 0.181. The van der Waals surface area contributed by atoms with Crippen LogP contribution in [0.1, 0.15) is 87.8 Å². The van der Waals surface area contributed by atoms with Gasteiger partial charge < -0.3 is 28.7 Å². The molecule has 2 atom stereocenters. The van der Waals surface area contributed by atoms with Crippen molar-refractivity contribution < 1.29 is 23.7 Å². The minimum atomic E-state index is -1.59. The number of esters is 1. The van der Waals surface area contributed by atoms with Crippen LogP contribution in [0.15, 0.2) is 121 Å². The molecule has 3 heterocycles. The number of rotatable bonds is 10. The van der Waals surface area contributed by atoms with E-state index >= 15 is 0 Å². The normalized spacial score (nSPS) is 19.5. The van der Waals surface area contributed by atoms with Crippen LogP contribution in [0.2, 0.25) is 19.6 Å². The molecule has 0 radical (unpaired) electrons. The lowest BCUT2D eigenvalue weighted by molar-refractivity contribution is -0.140. The molecule has 0 saturated carbocycles. The Morgan fingerprint density at radius 3 is 2.14 bits per heavy atom. The number of anilines is 2. The zero-order valence-electron chi connectivity index (χ0n) is 43.1. The number of carbonyl (C=O) groups is 1. The minimum absolute atomic E-state index is 0.0747. The fourth-order valence-corrected chi connectivity index (χ4v) is 12.6. The summed E-state index contributed by atoms with van der Waals surface area (Å²) in [5.41, 5.74) is 13.5. The van der Waals surface area contributed by atoms with Gasteiger partial charge in [0.15, 0.2) is 5.60 Å². The van der Waals surface area contributed by atoms with Gasteiger partial charge in [-0.25, -0.2) is 4.79 Å². The summed E-state index contributed by atoms with van der Waals surface area (Å²) in [6.07, 6.45) is 6.64. The Kier molecular flexibility index (Phi) is 12.2. The lowest BCUT2D eigenvalue weighted by atomic mass is 9.76. The lowest BCUT2D eigenvalue weighted by Gasteiger charge is -2.39. The van der Waals surface area contributed by atoms with Gasteiger partial charge in [-0.1, -0.05) is 145 Å². The quantitative estimate of drug-likeness (QED) is 0.0770. The van der Waals surface area contributed by atoms with Gasteiger partial charge >= 0.3 is 5.97 Å². The van der Waals surface area contributed by atoms with E-state index in [9.17, 15) is 4.79 Å². The van der Waals surface area contributed by atoms with Crippen molar-refractivity contribution in [3.63, 3.8) is 0 Å². The summed E-state index contributed by atoms with van der Waals surface area (Å²) in [5.74, 6) is 1.49. The minimum Gasteiger partial charge on any atom is -0.495 e. The Hall–Kier alpha value is -6.09. The van der Waals surface area contributed by atoms with Crippen molar-refractivity contribution in [2.24, 2.45) is 5.92 Å². The molecular formula is C62H70N2O5Si. The molecule has 3 aliphatic heterocycles. The van der Waals surface area contributed by atoms with E-state index < -0.39 is 13.7 Å². The Balaban J connectivity index is 1.17. The van der Waals surface area contributed by atoms with E-state index in [-0.39, 0.29) is 22.7 Å². The highest BCUT2D eigenvalue weighted by molar-refractivity contribution is 6.88. The van der Waals surface area contributed by atoms with Crippen molar-refractivity contribution in [2.45, 2.75) is 90.5 Å². The van der Waals surface area contributed by atoms with Crippen LogP contribution in [0.4, 0.5) is 11.4 Å². The highest BCUT2D eigenvalue weighted by Gasteiger charge is 2.45. The number of morpholine rings is 1. The monoisotopic (exact) mass is 951 g/mol.